The Kier molecular flexibility index (Phi) is 4.30. The van der Waals surface area contributed by atoms with E-state index in [-0.39, 0.29) is 11.5 Å². The van der Waals surface area contributed by atoms with Crippen LogP contribution >= 0.6 is 0 Å². The number of pyridine rings is 1. The molecule has 1 N–H and O–H groups in total. The molecule has 0 unspecified atom stereocenters. The zero-order chi connectivity index (χ0) is 14.6. The second-order valence-electron chi connectivity index (χ2n) is 3.54. The fourth-order valence-electron chi connectivity index (χ4n) is 1.32. The first kappa shape index (κ1) is 14.7. The van der Waals surface area contributed by atoms with Gasteiger partial charge in [-0.05, 0) is 6.07 Å². The summed E-state index contributed by atoms with van der Waals surface area (Å²) < 4.78 is 37.6. The second-order valence-corrected chi connectivity index (χ2v) is 3.54. The number of halogens is 3. The number of nitrogens with one attached hydrogen (secondary N) is 1. The number of nitrogens with zero attached hydrogens (tertiary/aromatic N) is 3. The smallest absolute Gasteiger partial charge is 0.369 e. The lowest BCUT2D eigenvalue weighted by atomic mass is 10.2. The summed E-state index contributed by atoms with van der Waals surface area (Å²) in [7, 11) is 2.82. The summed E-state index contributed by atoms with van der Waals surface area (Å²) in [5.41, 5.74) is -0.842. The normalized spacial score (nSPS) is 12.2. The van der Waals surface area contributed by atoms with E-state index >= 15 is 0 Å². The fourth-order valence-corrected chi connectivity index (χ4v) is 1.32. The van der Waals surface area contributed by atoms with Crippen molar-refractivity contribution in [3.05, 3.63) is 46.2 Å². The van der Waals surface area contributed by atoms with Crippen LogP contribution in [-0.2, 0) is 6.18 Å². The minimum Gasteiger partial charge on any atom is -0.369 e. The molecule has 0 spiro atoms. The van der Waals surface area contributed by atoms with Gasteiger partial charge in [0.15, 0.2) is 5.82 Å². The van der Waals surface area contributed by atoms with Crippen LogP contribution in [0.1, 0.15) is 5.56 Å². The van der Waals surface area contributed by atoms with Crippen LogP contribution in [0.3, 0.4) is 0 Å². The lowest BCUT2D eigenvalue weighted by molar-refractivity contribution is -0.403. The Morgan fingerprint density at radius 3 is 2.63 bits per heavy atom. The zero-order valence-electron chi connectivity index (χ0n) is 10.1. The van der Waals surface area contributed by atoms with Crippen LogP contribution in [-0.4, -0.2) is 24.0 Å². The minimum atomic E-state index is -4.52. The number of aromatic nitrogens is 1. The monoisotopic (exact) mass is 276 g/mol. The molecule has 0 aromatic carbocycles. The van der Waals surface area contributed by atoms with Crippen molar-refractivity contribution in [2.24, 2.45) is 0 Å². The molecule has 0 aliphatic rings. The van der Waals surface area contributed by atoms with Gasteiger partial charge in [0.2, 0.25) is 0 Å². The van der Waals surface area contributed by atoms with E-state index in [1.165, 1.54) is 25.2 Å². The molecule has 0 amide bonds. The lowest BCUT2D eigenvalue weighted by Gasteiger charge is -2.20. The number of nitro groups is 1. The highest BCUT2D eigenvalue weighted by Gasteiger charge is 2.31. The van der Waals surface area contributed by atoms with Gasteiger partial charge in [-0.2, -0.15) is 13.2 Å². The van der Waals surface area contributed by atoms with E-state index in [1.807, 2.05) is 0 Å². The molecule has 0 bridgehead atoms. The maximum absolute atomic E-state index is 12.5. The summed E-state index contributed by atoms with van der Waals surface area (Å²) in [6.07, 6.45) is -2.00. The van der Waals surface area contributed by atoms with Crippen molar-refractivity contribution < 1.29 is 18.1 Å². The van der Waals surface area contributed by atoms with Crippen molar-refractivity contribution >= 4 is 5.69 Å². The Balaban J connectivity index is 3.12. The molecule has 0 atom stereocenters. The van der Waals surface area contributed by atoms with Gasteiger partial charge in [-0.3, -0.25) is 15.1 Å². The Labute approximate surface area is 106 Å². The van der Waals surface area contributed by atoms with E-state index in [2.05, 4.69) is 10.3 Å². The number of rotatable bonds is 4. The quantitative estimate of drug-likeness (QED) is 0.671. The molecule has 19 heavy (non-hydrogen) atoms. The summed E-state index contributed by atoms with van der Waals surface area (Å²) in [6, 6.07) is 0.859. The van der Waals surface area contributed by atoms with Gasteiger partial charge >= 0.3 is 6.18 Å². The van der Waals surface area contributed by atoms with E-state index in [9.17, 15) is 23.3 Å². The first-order valence-electron chi connectivity index (χ1n) is 5.04. The van der Waals surface area contributed by atoms with Gasteiger partial charge in [-0.15, -0.1) is 0 Å². The first-order valence-corrected chi connectivity index (χ1v) is 5.04. The molecule has 0 fully saturated rings. The van der Waals surface area contributed by atoms with E-state index in [1.54, 1.807) is 0 Å². The Morgan fingerprint density at radius 2 is 2.16 bits per heavy atom. The Hall–Kier alpha value is -2.32. The number of hydrogen-bond donors (Lipinski definition) is 1. The molecule has 1 rings (SSSR count). The Morgan fingerprint density at radius 1 is 1.53 bits per heavy atom. The average molecular weight is 276 g/mol. The highest BCUT2D eigenvalue weighted by atomic mass is 19.4. The van der Waals surface area contributed by atoms with Gasteiger partial charge in [0, 0.05) is 20.3 Å². The maximum atomic E-state index is 12.5. The largest absolute Gasteiger partial charge is 0.417 e. The standard InChI is InChI=1S/C10H11F3N4O2/c1-14-9(6-17(18)19)16(2)8-3-7(4-15-5-8)10(11,12)13/h3-6,14H,1-2H3/b9-6-. The van der Waals surface area contributed by atoms with E-state index in [4.69, 9.17) is 0 Å². The van der Waals surface area contributed by atoms with Crippen molar-refractivity contribution in [2.45, 2.75) is 6.18 Å². The zero-order valence-corrected chi connectivity index (χ0v) is 10.1. The molecule has 1 heterocycles. The molecule has 6 nitrogen and oxygen atoms in total. The summed E-state index contributed by atoms with van der Waals surface area (Å²) in [5.74, 6) is 0.0334. The summed E-state index contributed by atoms with van der Waals surface area (Å²) >= 11 is 0. The molecular weight excluding hydrogens is 265 g/mol. The summed E-state index contributed by atoms with van der Waals surface area (Å²) in [4.78, 5) is 14.4. The molecule has 1 aromatic rings. The van der Waals surface area contributed by atoms with Crippen molar-refractivity contribution in [3.8, 4) is 0 Å². The van der Waals surface area contributed by atoms with Crippen molar-refractivity contribution in [2.75, 3.05) is 19.0 Å². The van der Waals surface area contributed by atoms with Crippen LogP contribution in [0.5, 0.6) is 0 Å². The molecule has 9 heteroatoms. The van der Waals surface area contributed by atoms with Crippen LogP contribution in [0.2, 0.25) is 0 Å². The molecule has 0 saturated heterocycles. The van der Waals surface area contributed by atoms with Crippen LogP contribution in [0.25, 0.3) is 0 Å². The molecule has 104 valence electrons. The number of anilines is 1. The lowest BCUT2D eigenvalue weighted by Crippen LogP contribution is -2.27. The molecular formula is C10H11F3N4O2. The minimum absolute atomic E-state index is 0.0334. The molecule has 0 aliphatic carbocycles. The van der Waals surface area contributed by atoms with E-state index in [0.29, 0.717) is 12.4 Å². The van der Waals surface area contributed by atoms with Crippen molar-refractivity contribution in [1.29, 1.82) is 0 Å². The maximum Gasteiger partial charge on any atom is 0.417 e. The summed E-state index contributed by atoms with van der Waals surface area (Å²) in [5, 5.41) is 12.9. The topological polar surface area (TPSA) is 71.3 Å². The van der Waals surface area contributed by atoms with E-state index < -0.39 is 16.7 Å². The van der Waals surface area contributed by atoms with E-state index in [0.717, 1.165) is 6.07 Å². The van der Waals surface area contributed by atoms with Gasteiger partial charge in [-0.25, -0.2) is 0 Å². The van der Waals surface area contributed by atoms with Crippen LogP contribution in [0.15, 0.2) is 30.5 Å². The third-order valence-electron chi connectivity index (χ3n) is 2.28. The van der Waals surface area contributed by atoms with Gasteiger partial charge in [-0.1, -0.05) is 0 Å². The molecule has 0 radical (unpaired) electrons. The van der Waals surface area contributed by atoms with Gasteiger partial charge in [0.25, 0.3) is 6.20 Å². The average Bonchev–Trinajstić information content (AvgIpc) is 2.34. The number of hydrogen-bond acceptors (Lipinski definition) is 5. The third-order valence-corrected chi connectivity index (χ3v) is 2.28. The second kappa shape index (κ2) is 5.55. The van der Waals surface area contributed by atoms with Gasteiger partial charge in [0.1, 0.15) is 0 Å². The van der Waals surface area contributed by atoms with Crippen LogP contribution in [0, 0.1) is 10.1 Å². The van der Waals surface area contributed by atoms with Crippen molar-refractivity contribution in [3.63, 3.8) is 0 Å². The predicted octanol–water partition coefficient (Wildman–Crippen LogP) is 1.83. The van der Waals surface area contributed by atoms with Crippen molar-refractivity contribution in [1.82, 2.24) is 10.3 Å². The third kappa shape index (κ3) is 3.83. The SMILES string of the molecule is CN/C(=C/[N+](=O)[O-])N(C)c1cncc(C(F)(F)F)c1. The predicted molar refractivity (Wildman–Crippen MR) is 61.8 cm³/mol. The summed E-state index contributed by atoms with van der Waals surface area (Å²) in [6.45, 7) is 0. The number of alkyl halides is 3. The highest BCUT2D eigenvalue weighted by molar-refractivity contribution is 5.50. The van der Waals surface area contributed by atoms with Crippen LogP contribution < -0.4 is 10.2 Å². The molecule has 0 aliphatic heterocycles. The van der Waals surface area contributed by atoms with Gasteiger partial charge < -0.3 is 10.2 Å². The van der Waals surface area contributed by atoms with Gasteiger partial charge in [0.05, 0.1) is 22.4 Å². The highest BCUT2D eigenvalue weighted by Crippen LogP contribution is 2.31. The molecule has 1 aromatic heterocycles. The molecule has 0 saturated carbocycles. The fraction of sp³-hybridized carbons (Fsp3) is 0.300. The first-order chi connectivity index (χ1) is 8.75. The van der Waals surface area contributed by atoms with Crippen LogP contribution in [0.4, 0.5) is 18.9 Å². The Bertz CT molecular complexity index is 502.